The summed E-state index contributed by atoms with van der Waals surface area (Å²) < 4.78 is 6.05. The number of aromatic nitrogens is 1. The van der Waals surface area contributed by atoms with E-state index in [-0.39, 0.29) is 35.7 Å². The van der Waals surface area contributed by atoms with Crippen molar-refractivity contribution in [3.8, 4) is 22.8 Å². The summed E-state index contributed by atoms with van der Waals surface area (Å²) in [6.45, 7) is 2.90. The number of oxazole rings is 1. The van der Waals surface area contributed by atoms with Crippen LogP contribution in [0.2, 0.25) is 0 Å². The Hall–Kier alpha value is -4.55. The molecule has 0 spiro atoms. The first-order chi connectivity index (χ1) is 22.9. The van der Waals surface area contributed by atoms with Gasteiger partial charge in [0.1, 0.15) is 12.1 Å². The van der Waals surface area contributed by atoms with E-state index in [9.17, 15) is 19.2 Å². The van der Waals surface area contributed by atoms with Crippen LogP contribution < -0.4 is 21.3 Å². The maximum Gasteiger partial charge on any atom is 0.247 e. The number of amides is 4. The molecule has 0 aliphatic carbocycles. The topological polar surface area (TPSA) is 149 Å². The Kier molecular flexibility index (Phi) is 9.03. The van der Waals surface area contributed by atoms with Crippen molar-refractivity contribution in [2.24, 2.45) is 0 Å². The van der Waals surface area contributed by atoms with Crippen LogP contribution in [0.5, 0.6) is 0 Å². The summed E-state index contributed by atoms with van der Waals surface area (Å²) >= 11 is 0. The average molecular weight is 640 g/mol. The average Bonchev–Trinajstić information content (AvgIpc) is 3.93. The molecule has 7 rings (SSSR count). The summed E-state index contributed by atoms with van der Waals surface area (Å²) in [4.78, 5) is 60.0. The number of nitrogens with one attached hydrogen (secondary N) is 4. The lowest BCUT2D eigenvalue weighted by Gasteiger charge is -2.26. The Morgan fingerprint density at radius 1 is 0.660 bits per heavy atom. The second kappa shape index (κ2) is 13.7. The Morgan fingerprint density at radius 2 is 1.15 bits per heavy atom. The summed E-state index contributed by atoms with van der Waals surface area (Å²) in [6, 6.07) is 13.3. The van der Waals surface area contributed by atoms with Crippen molar-refractivity contribution in [1.82, 2.24) is 25.4 Å². The van der Waals surface area contributed by atoms with Gasteiger partial charge in [-0.05, 0) is 113 Å². The van der Waals surface area contributed by atoms with E-state index in [1.807, 2.05) is 36.4 Å². The van der Waals surface area contributed by atoms with Crippen molar-refractivity contribution in [2.75, 3.05) is 36.8 Å². The van der Waals surface area contributed by atoms with E-state index in [2.05, 4.69) is 26.3 Å². The second-order valence-electron chi connectivity index (χ2n) is 12.8. The molecule has 246 valence electrons. The highest BCUT2D eigenvalue weighted by Gasteiger charge is 2.39. The fraction of sp³-hybridized carbons (Fsp3) is 0.457. The van der Waals surface area contributed by atoms with E-state index in [4.69, 9.17) is 4.42 Å². The van der Waals surface area contributed by atoms with Crippen molar-refractivity contribution in [3.05, 3.63) is 54.7 Å². The Balaban J connectivity index is 0.940. The van der Waals surface area contributed by atoms with Crippen LogP contribution in [0.15, 0.2) is 59.1 Å². The molecular weight excluding hydrogens is 598 g/mol. The molecule has 5 heterocycles. The van der Waals surface area contributed by atoms with E-state index in [1.165, 1.54) is 0 Å². The summed E-state index contributed by atoms with van der Waals surface area (Å²) in [5, 5.41) is 12.4. The number of carbonyl (C=O) groups excluding carboxylic acids is 4. The van der Waals surface area contributed by atoms with E-state index in [1.54, 1.807) is 28.1 Å². The van der Waals surface area contributed by atoms with Crippen LogP contribution in [0.25, 0.3) is 22.8 Å². The lowest BCUT2D eigenvalue weighted by Crippen LogP contribution is -2.49. The second-order valence-corrected chi connectivity index (χ2v) is 12.8. The molecule has 4 N–H and O–H groups in total. The van der Waals surface area contributed by atoms with Gasteiger partial charge in [-0.1, -0.05) is 0 Å². The quantitative estimate of drug-likeness (QED) is 0.293. The highest BCUT2D eigenvalue weighted by atomic mass is 16.4. The number of hydrogen-bond acceptors (Lipinski definition) is 8. The maximum atomic E-state index is 13.1. The molecule has 12 heteroatoms. The number of carbonyl (C=O) groups is 4. The summed E-state index contributed by atoms with van der Waals surface area (Å²) in [5.41, 5.74) is 2.85. The van der Waals surface area contributed by atoms with Crippen LogP contribution in [-0.2, 0) is 19.2 Å². The first kappa shape index (κ1) is 31.1. The first-order valence-corrected chi connectivity index (χ1v) is 16.8. The summed E-state index contributed by atoms with van der Waals surface area (Å²) in [6.07, 6.45) is 8.22. The van der Waals surface area contributed by atoms with E-state index in [0.717, 1.165) is 62.7 Å². The first-order valence-electron chi connectivity index (χ1n) is 16.8. The van der Waals surface area contributed by atoms with Crippen LogP contribution in [0, 0.1) is 0 Å². The molecule has 4 atom stereocenters. The predicted molar refractivity (Wildman–Crippen MR) is 176 cm³/mol. The Bertz CT molecular complexity index is 1490. The third kappa shape index (κ3) is 6.66. The standard InChI is InChI=1S/C35H41N7O5/c43-31(28-7-3-19-41(28)34(45)26-5-1-17-36-26)39-24-13-9-22(10-14-24)30-21-38-33(47-30)23-11-15-25(16-12-23)40-32(44)29-8-4-20-42(29)35(46)27-6-2-18-37-27/h9-16,21,26-29,36-37H,1-8,17-20H2,(H,39,43)(H,40,44)/t26-,27-,28-,29-/m0/s1. The number of anilines is 2. The number of likely N-dealkylation sites (tertiary alicyclic amines) is 2. The largest absolute Gasteiger partial charge is 0.436 e. The highest BCUT2D eigenvalue weighted by molar-refractivity contribution is 5.99. The molecular formula is C35H41N7O5. The third-order valence-corrected chi connectivity index (χ3v) is 9.74. The van der Waals surface area contributed by atoms with Crippen molar-refractivity contribution in [1.29, 1.82) is 0 Å². The molecule has 3 aromatic rings. The Labute approximate surface area is 273 Å². The van der Waals surface area contributed by atoms with Gasteiger partial charge >= 0.3 is 0 Å². The minimum Gasteiger partial charge on any atom is -0.436 e. The molecule has 4 saturated heterocycles. The van der Waals surface area contributed by atoms with Gasteiger partial charge in [-0.25, -0.2) is 4.98 Å². The molecule has 4 aliphatic heterocycles. The van der Waals surface area contributed by atoms with Gasteiger partial charge in [-0.2, -0.15) is 0 Å². The van der Waals surface area contributed by atoms with E-state index in [0.29, 0.717) is 49.0 Å². The van der Waals surface area contributed by atoms with Crippen LogP contribution in [-0.4, -0.2) is 88.8 Å². The van der Waals surface area contributed by atoms with Crippen molar-refractivity contribution in [2.45, 2.75) is 75.5 Å². The normalized spacial score (nSPS) is 24.1. The summed E-state index contributed by atoms with van der Waals surface area (Å²) in [7, 11) is 0. The molecule has 4 fully saturated rings. The van der Waals surface area contributed by atoms with Gasteiger partial charge in [0.05, 0.1) is 18.3 Å². The van der Waals surface area contributed by atoms with Gasteiger partial charge in [-0.3, -0.25) is 19.2 Å². The minimum absolute atomic E-state index is 0.0235. The van der Waals surface area contributed by atoms with Crippen molar-refractivity contribution in [3.63, 3.8) is 0 Å². The van der Waals surface area contributed by atoms with Crippen LogP contribution >= 0.6 is 0 Å². The third-order valence-electron chi connectivity index (χ3n) is 9.74. The van der Waals surface area contributed by atoms with Gasteiger partial charge in [0.25, 0.3) is 0 Å². The van der Waals surface area contributed by atoms with Crippen LogP contribution in [0.1, 0.15) is 51.4 Å². The lowest BCUT2D eigenvalue weighted by atomic mass is 10.1. The van der Waals surface area contributed by atoms with Crippen molar-refractivity contribution >= 4 is 35.0 Å². The molecule has 0 radical (unpaired) electrons. The molecule has 0 bridgehead atoms. The molecule has 4 amide bonds. The molecule has 47 heavy (non-hydrogen) atoms. The van der Waals surface area contributed by atoms with Crippen molar-refractivity contribution < 1.29 is 23.6 Å². The molecule has 2 aromatic carbocycles. The van der Waals surface area contributed by atoms with Crippen LogP contribution in [0.3, 0.4) is 0 Å². The van der Waals surface area contributed by atoms with Gasteiger partial charge in [0.2, 0.25) is 29.5 Å². The zero-order valence-corrected chi connectivity index (χ0v) is 26.4. The van der Waals surface area contributed by atoms with Gasteiger partial charge in [0.15, 0.2) is 5.76 Å². The van der Waals surface area contributed by atoms with Gasteiger partial charge in [-0.15, -0.1) is 0 Å². The number of nitrogens with zero attached hydrogens (tertiary/aromatic N) is 3. The zero-order valence-electron chi connectivity index (χ0n) is 26.4. The highest BCUT2D eigenvalue weighted by Crippen LogP contribution is 2.29. The molecule has 0 unspecified atom stereocenters. The molecule has 1 aromatic heterocycles. The molecule has 0 saturated carbocycles. The minimum atomic E-state index is -0.459. The van der Waals surface area contributed by atoms with E-state index >= 15 is 0 Å². The number of rotatable bonds is 8. The van der Waals surface area contributed by atoms with Gasteiger partial charge in [0, 0.05) is 35.6 Å². The smallest absolute Gasteiger partial charge is 0.247 e. The lowest BCUT2D eigenvalue weighted by molar-refractivity contribution is -0.138. The summed E-state index contributed by atoms with van der Waals surface area (Å²) in [5.74, 6) is 0.727. The zero-order chi connectivity index (χ0) is 32.3. The molecule has 4 aliphatic rings. The fourth-order valence-corrected chi connectivity index (χ4v) is 7.20. The number of hydrogen-bond donors (Lipinski definition) is 4. The maximum absolute atomic E-state index is 13.1. The molecule has 12 nitrogen and oxygen atoms in total. The SMILES string of the molecule is O=C(Nc1ccc(-c2cnc(-c3ccc(NC(=O)[C@@H]4CCCN4C(=O)[C@@H]4CCCN4)cc3)o2)cc1)[C@@H]1CCCN1C(=O)[C@@H]1CCCN1. The predicted octanol–water partition coefficient (Wildman–Crippen LogP) is 3.37. The Morgan fingerprint density at radius 3 is 1.62 bits per heavy atom. The van der Waals surface area contributed by atoms with Crippen LogP contribution in [0.4, 0.5) is 11.4 Å². The van der Waals surface area contributed by atoms with Gasteiger partial charge < -0.3 is 35.5 Å². The fourth-order valence-electron chi connectivity index (χ4n) is 7.20. The van der Waals surface area contributed by atoms with E-state index < -0.39 is 12.1 Å². The monoisotopic (exact) mass is 639 g/mol. The number of benzene rings is 2.